The molecule has 0 spiro atoms. The highest BCUT2D eigenvalue weighted by Crippen LogP contribution is 2.15. The summed E-state index contributed by atoms with van der Waals surface area (Å²) < 4.78 is 5.14. The molecule has 4 nitrogen and oxygen atoms in total. The minimum Gasteiger partial charge on any atom is -0.419 e. The van der Waals surface area contributed by atoms with Gasteiger partial charge in [-0.05, 0) is 11.6 Å². The highest BCUT2D eigenvalue weighted by atomic mass is 16.5. The quantitative estimate of drug-likeness (QED) is 0.386. The zero-order chi connectivity index (χ0) is 16.7. The number of ether oxygens (including phenoxy) is 1. The van der Waals surface area contributed by atoms with E-state index in [-0.39, 0.29) is 11.3 Å². The second kappa shape index (κ2) is 7.87. The summed E-state index contributed by atoms with van der Waals surface area (Å²) in [5.41, 5.74) is 0.996. The topological polar surface area (TPSA) is 63.6 Å². The number of aliphatic hydroxyl groups is 1. The van der Waals surface area contributed by atoms with Crippen LogP contribution in [-0.4, -0.2) is 23.5 Å². The van der Waals surface area contributed by atoms with E-state index in [1.807, 2.05) is 18.2 Å². The van der Waals surface area contributed by atoms with Gasteiger partial charge in [-0.1, -0.05) is 67.2 Å². The second-order valence-electron chi connectivity index (χ2n) is 4.77. The molecule has 0 heterocycles. The zero-order valence-corrected chi connectivity index (χ0v) is 12.4. The maximum Gasteiger partial charge on any atom is 0.341 e. The first-order chi connectivity index (χ1) is 11.1. The van der Waals surface area contributed by atoms with Crippen LogP contribution in [0.5, 0.6) is 0 Å². The van der Waals surface area contributed by atoms with Gasteiger partial charge in [0.05, 0.1) is 12.2 Å². The van der Waals surface area contributed by atoms with E-state index in [9.17, 15) is 9.59 Å². The van der Waals surface area contributed by atoms with Crippen molar-refractivity contribution in [2.24, 2.45) is 0 Å². The van der Waals surface area contributed by atoms with Crippen molar-refractivity contribution in [3.8, 4) is 0 Å². The van der Waals surface area contributed by atoms with Crippen molar-refractivity contribution in [3.05, 3.63) is 89.7 Å². The summed E-state index contributed by atoms with van der Waals surface area (Å²) in [5.74, 6) is -1.38. The summed E-state index contributed by atoms with van der Waals surface area (Å²) in [6, 6.07) is 17.5. The Morgan fingerprint density at radius 2 is 1.57 bits per heavy atom. The molecule has 0 fully saturated rings. The molecule has 0 aromatic heterocycles. The normalized spacial score (nSPS) is 10.9. The Labute approximate surface area is 134 Å². The van der Waals surface area contributed by atoms with Crippen molar-refractivity contribution >= 4 is 17.8 Å². The van der Waals surface area contributed by atoms with Gasteiger partial charge in [0.2, 0.25) is 5.78 Å². The molecule has 0 aliphatic carbocycles. The van der Waals surface area contributed by atoms with E-state index in [2.05, 4.69) is 6.58 Å². The number of carbonyl (C=O) groups excluding carboxylic acids is 2. The molecule has 0 aliphatic rings. The maximum absolute atomic E-state index is 12.6. The fraction of sp³-hybridized carbons (Fsp3) is 0.0526. The number of aliphatic hydroxyl groups excluding tert-OH is 1. The van der Waals surface area contributed by atoms with Crippen molar-refractivity contribution in [2.75, 3.05) is 6.61 Å². The van der Waals surface area contributed by atoms with Crippen LogP contribution >= 0.6 is 0 Å². The van der Waals surface area contributed by atoms with Crippen LogP contribution in [0.2, 0.25) is 0 Å². The van der Waals surface area contributed by atoms with Gasteiger partial charge in [-0.3, -0.25) is 4.79 Å². The number of carbonyl (C=O) groups is 2. The third-order valence-corrected chi connectivity index (χ3v) is 3.04. The van der Waals surface area contributed by atoms with E-state index in [4.69, 9.17) is 9.84 Å². The van der Waals surface area contributed by atoms with E-state index in [0.717, 1.165) is 0 Å². The molecule has 0 bridgehead atoms. The molecule has 2 aromatic carbocycles. The van der Waals surface area contributed by atoms with Gasteiger partial charge < -0.3 is 9.84 Å². The highest BCUT2D eigenvalue weighted by Gasteiger charge is 2.19. The van der Waals surface area contributed by atoms with Crippen LogP contribution in [0.25, 0.3) is 6.08 Å². The standard InChI is InChI=1S/C19H16O4/c1-14(13-20)19(22)23-17(12-15-8-4-2-5-9-15)18(21)16-10-6-3-7-11-16/h2-12,20H,1,13H2/b17-12-. The van der Waals surface area contributed by atoms with Gasteiger partial charge in [0.25, 0.3) is 0 Å². The van der Waals surface area contributed by atoms with Gasteiger partial charge in [-0.25, -0.2) is 4.79 Å². The number of benzene rings is 2. The lowest BCUT2D eigenvalue weighted by atomic mass is 10.1. The lowest BCUT2D eigenvalue weighted by Crippen LogP contribution is -2.15. The maximum atomic E-state index is 12.6. The molecule has 116 valence electrons. The fourth-order valence-corrected chi connectivity index (χ4v) is 1.81. The molecule has 2 rings (SSSR count). The Kier molecular flexibility index (Phi) is 5.61. The van der Waals surface area contributed by atoms with Gasteiger partial charge in [-0.15, -0.1) is 0 Å². The first-order valence-corrected chi connectivity index (χ1v) is 6.99. The molecule has 4 heteroatoms. The predicted octanol–water partition coefficient (Wildman–Crippen LogP) is 3.00. The predicted molar refractivity (Wildman–Crippen MR) is 87.5 cm³/mol. The Bertz CT molecular complexity index is 730. The molecule has 0 aliphatic heterocycles. The summed E-state index contributed by atoms with van der Waals surface area (Å²) in [6.45, 7) is 2.87. The van der Waals surface area contributed by atoms with Crippen molar-refractivity contribution in [1.29, 1.82) is 0 Å². The molecule has 0 saturated carbocycles. The lowest BCUT2D eigenvalue weighted by molar-refractivity contribution is -0.134. The van der Waals surface area contributed by atoms with Crippen molar-refractivity contribution in [3.63, 3.8) is 0 Å². The number of Topliss-reactive ketones (excluding diaryl/α,β-unsaturated/α-hetero) is 1. The van der Waals surface area contributed by atoms with Crippen LogP contribution in [0, 0.1) is 0 Å². The Hall–Kier alpha value is -2.98. The number of allylic oxidation sites excluding steroid dienone is 1. The summed E-state index contributed by atoms with van der Waals surface area (Å²) in [5, 5.41) is 8.96. The largest absolute Gasteiger partial charge is 0.419 e. The Morgan fingerprint density at radius 3 is 2.13 bits per heavy atom. The van der Waals surface area contributed by atoms with E-state index in [1.54, 1.807) is 42.5 Å². The van der Waals surface area contributed by atoms with Crippen LogP contribution in [0.1, 0.15) is 15.9 Å². The van der Waals surface area contributed by atoms with Gasteiger partial charge in [-0.2, -0.15) is 0 Å². The molecule has 0 radical (unpaired) electrons. The minimum absolute atomic E-state index is 0.121. The fourth-order valence-electron chi connectivity index (χ4n) is 1.81. The van der Waals surface area contributed by atoms with Crippen molar-refractivity contribution in [1.82, 2.24) is 0 Å². The monoisotopic (exact) mass is 308 g/mol. The summed E-state index contributed by atoms with van der Waals surface area (Å²) in [7, 11) is 0. The zero-order valence-electron chi connectivity index (χ0n) is 12.4. The summed E-state index contributed by atoms with van der Waals surface area (Å²) in [4.78, 5) is 24.4. The van der Waals surface area contributed by atoms with E-state index < -0.39 is 18.4 Å². The molecule has 0 atom stereocenters. The minimum atomic E-state index is -0.834. The van der Waals surface area contributed by atoms with Gasteiger partial charge >= 0.3 is 5.97 Å². The Balaban J connectivity index is 2.35. The van der Waals surface area contributed by atoms with E-state index in [0.29, 0.717) is 11.1 Å². The average Bonchev–Trinajstić information content (AvgIpc) is 2.61. The van der Waals surface area contributed by atoms with E-state index >= 15 is 0 Å². The molecule has 1 N–H and O–H groups in total. The molecule has 23 heavy (non-hydrogen) atoms. The summed E-state index contributed by atoms with van der Waals surface area (Å²) >= 11 is 0. The van der Waals surface area contributed by atoms with Crippen LogP contribution < -0.4 is 0 Å². The number of esters is 1. The second-order valence-corrected chi connectivity index (χ2v) is 4.77. The van der Waals surface area contributed by atoms with Crippen LogP contribution in [0.4, 0.5) is 0 Å². The summed E-state index contributed by atoms with van der Waals surface area (Å²) in [6.07, 6.45) is 1.48. The van der Waals surface area contributed by atoms with Crippen LogP contribution in [0.15, 0.2) is 78.6 Å². The number of hydrogen-bond acceptors (Lipinski definition) is 4. The molecule has 2 aromatic rings. The molecular formula is C19H16O4. The van der Waals surface area contributed by atoms with Gasteiger partial charge in [0.15, 0.2) is 5.76 Å². The Morgan fingerprint density at radius 1 is 1.00 bits per heavy atom. The number of hydrogen-bond donors (Lipinski definition) is 1. The number of rotatable bonds is 6. The third kappa shape index (κ3) is 4.49. The molecule has 0 amide bonds. The van der Waals surface area contributed by atoms with Crippen LogP contribution in [-0.2, 0) is 9.53 Å². The molecule has 0 saturated heterocycles. The first kappa shape index (κ1) is 16.4. The van der Waals surface area contributed by atoms with Gasteiger partial charge in [0, 0.05) is 5.56 Å². The SMILES string of the molecule is C=C(CO)C(=O)O/C(=C\c1ccccc1)C(=O)c1ccccc1. The third-order valence-electron chi connectivity index (χ3n) is 3.04. The molecule has 0 unspecified atom stereocenters. The van der Waals surface area contributed by atoms with Crippen molar-refractivity contribution in [2.45, 2.75) is 0 Å². The first-order valence-electron chi connectivity index (χ1n) is 6.99. The van der Waals surface area contributed by atoms with E-state index in [1.165, 1.54) is 6.08 Å². The van der Waals surface area contributed by atoms with Crippen molar-refractivity contribution < 1.29 is 19.4 Å². The lowest BCUT2D eigenvalue weighted by Gasteiger charge is -2.09. The smallest absolute Gasteiger partial charge is 0.341 e. The average molecular weight is 308 g/mol. The van der Waals surface area contributed by atoms with Gasteiger partial charge in [0.1, 0.15) is 0 Å². The highest BCUT2D eigenvalue weighted by molar-refractivity contribution is 6.11. The van der Waals surface area contributed by atoms with Crippen LogP contribution in [0.3, 0.4) is 0 Å². The molecular weight excluding hydrogens is 292 g/mol. The number of ketones is 1.